The summed E-state index contributed by atoms with van der Waals surface area (Å²) >= 11 is 0. The summed E-state index contributed by atoms with van der Waals surface area (Å²) in [5.41, 5.74) is 1.02. The summed E-state index contributed by atoms with van der Waals surface area (Å²) in [5.74, 6) is 2.64. The van der Waals surface area contributed by atoms with Gasteiger partial charge < -0.3 is 0 Å². The van der Waals surface area contributed by atoms with E-state index in [0.717, 1.165) is 29.8 Å². The van der Waals surface area contributed by atoms with E-state index in [-0.39, 0.29) is 0 Å². The highest BCUT2D eigenvalue weighted by Crippen LogP contribution is 2.56. The molecule has 3 rings (SSSR count). The Labute approximate surface area is 139 Å². The minimum absolute atomic E-state index is 0.393. The van der Waals surface area contributed by atoms with Crippen LogP contribution in [-0.2, 0) is 0 Å². The molecule has 0 radical (unpaired) electrons. The summed E-state index contributed by atoms with van der Waals surface area (Å²) in [6, 6.07) is 1.59. The first-order chi connectivity index (χ1) is 10.3. The summed E-state index contributed by atoms with van der Waals surface area (Å²) in [5, 5.41) is 0. The van der Waals surface area contributed by atoms with Crippen molar-refractivity contribution in [2.24, 2.45) is 23.2 Å². The van der Waals surface area contributed by atoms with Gasteiger partial charge in [0.05, 0.1) is 0 Å². The molecule has 128 valence electrons. The van der Waals surface area contributed by atoms with Gasteiger partial charge in [-0.05, 0) is 76.0 Å². The minimum atomic E-state index is 0.393. The molecule has 0 N–H and O–H groups in total. The molecule has 0 aromatic carbocycles. The van der Waals surface area contributed by atoms with Crippen molar-refractivity contribution in [3.63, 3.8) is 0 Å². The van der Waals surface area contributed by atoms with Gasteiger partial charge in [0.25, 0.3) is 0 Å². The Balaban J connectivity index is 1.88. The molecule has 0 aromatic heterocycles. The van der Waals surface area contributed by atoms with E-state index >= 15 is 0 Å². The Kier molecular flexibility index (Phi) is 4.43. The molecule has 3 fully saturated rings. The van der Waals surface area contributed by atoms with Crippen LogP contribution in [0, 0.1) is 23.2 Å². The molecule has 0 bridgehead atoms. The Bertz CT molecular complexity index is 381. The molecule has 3 aliphatic rings. The number of hydrogen-bond donors (Lipinski definition) is 0. The second-order valence-corrected chi connectivity index (χ2v) is 10.0. The number of nitrogens with zero attached hydrogens (tertiary/aromatic N) is 1. The second kappa shape index (κ2) is 5.80. The van der Waals surface area contributed by atoms with Crippen molar-refractivity contribution >= 4 is 0 Å². The first-order valence-corrected chi connectivity index (χ1v) is 10.1. The van der Waals surface area contributed by atoms with E-state index in [9.17, 15) is 0 Å². The van der Waals surface area contributed by atoms with Crippen LogP contribution < -0.4 is 0 Å². The average Bonchev–Trinajstić information content (AvgIpc) is 2.59. The molecule has 0 aromatic rings. The predicted octanol–water partition coefficient (Wildman–Crippen LogP) is 5.88. The maximum atomic E-state index is 3.01. The van der Waals surface area contributed by atoms with E-state index in [1.807, 2.05) is 0 Å². The maximum Gasteiger partial charge on any atom is 0.0165 e. The van der Waals surface area contributed by atoms with Crippen LogP contribution in [-0.4, -0.2) is 22.5 Å². The topological polar surface area (TPSA) is 3.24 Å². The lowest BCUT2D eigenvalue weighted by Gasteiger charge is -2.51. The smallest absolute Gasteiger partial charge is 0.0165 e. The van der Waals surface area contributed by atoms with Gasteiger partial charge in [0, 0.05) is 17.6 Å². The third-order valence-electron chi connectivity index (χ3n) is 7.67. The quantitative estimate of drug-likeness (QED) is 0.584. The van der Waals surface area contributed by atoms with Crippen LogP contribution >= 0.6 is 0 Å². The van der Waals surface area contributed by atoms with Crippen molar-refractivity contribution in [3.8, 4) is 0 Å². The van der Waals surface area contributed by atoms with Gasteiger partial charge in [-0.3, -0.25) is 4.90 Å². The van der Waals surface area contributed by atoms with Gasteiger partial charge in [0.1, 0.15) is 0 Å². The second-order valence-electron chi connectivity index (χ2n) is 10.0. The van der Waals surface area contributed by atoms with E-state index in [1.165, 1.54) is 51.4 Å². The highest BCUT2D eigenvalue weighted by molar-refractivity contribution is 5.10. The highest BCUT2D eigenvalue weighted by Gasteiger charge is 2.56. The zero-order chi connectivity index (χ0) is 16.1. The van der Waals surface area contributed by atoms with Crippen molar-refractivity contribution in [2.45, 2.75) is 111 Å². The first kappa shape index (κ1) is 16.8. The van der Waals surface area contributed by atoms with Crippen molar-refractivity contribution in [2.75, 3.05) is 0 Å². The fourth-order valence-electron chi connectivity index (χ4n) is 7.19. The molecule has 1 spiro atoms. The fourth-order valence-corrected chi connectivity index (χ4v) is 7.19. The third-order valence-corrected chi connectivity index (χ3v) is 7.67. The lowest BCUT2D eigenvalue weighted by Crippen LogP contribution is -2.56. The van der Waals surface area contributed by atoms with Crippen LogP contribution in [0.2, 0.25) is 0 Å². The molecular weight excluding hydrogens is 266 g/mol. The summed E-state index contributed by atoms with van der Waals surface area (Å²) in [4.78, 5) is 3.01. The zero-order valence-electron chi connectivity index (χ0n) is 16.0. The molecule has 0 amide bonds. The van der Waals surface area contributed by atoms with Gasteiger partial charge in [-0.15, -0.1) is 0 Å². The van der Waals surface area contributed by atoms with Gasteiger partial charge in [-0.25, -0.2) is 0 Å². The van der Waals surface area contributed by atoms with Crippen molar-refractivity contribution in [1.29, 1.82) is 0 Å². The predicted molar refractivity (Wildman–Crippen MR) is 96.0 cm³/mol. The lowest BCUT2D eigenvalue weighted by atomic mass is 9.67. The lowest BCUT2D eigenvalue weighted by molar-refractivity contribution is -0.0224. The van der Waals surface area contributed by atoms with Crippen molar-refractivity contribution in [1.82, 2.24) is 4.90 Å². The van der Waals surface area contributed by atoms with Crippen LogP contribution in [0.1, 0.15) is 92.9 Å². The van der Waals surface area contributed by atoms with Crippen molar-refractivity contribution in [3.05, 3.63) is 0 Å². The van der Waals surface area contributed by atoms with Gasteiger partial charge in [-0.1, -0.05) is 40.0 Å². The standard InChI is InChI=1S/C21H39N/c1-15-12-16(2)19(17(3)13-15)22-18(4)21(14-20(22,5)6)10-8-7-9-11-21/h15-19H,7-14H2,1-6H3/t15?,16-,17?,18?,19?/m1/s1. The number of likely N-dealkylation sites (tertiary alicyclic amines) is 1. The van der Waals surface area contributed by atoms with E-state index in [4.69, 9.17) is 0 Å². The summed E-state index contributed by atoms with van der Waals surface area (Å²) < 4.78 is 0. The molecule has 1 nitrogen and oxygen atoms in total. The van der Waals surface area contributed by atoms with Gasteiger partial charge in [-0.2, -0.15) is 0 Å². The Morgan fingerprint density at radius 3 is 1.91 bits per heavy atom. The van der Waals surface area contributed by atoms with Crippen LogP contribution in [0.4, 0.5) is 0 Å². The fraction of sp³-hybridized carbons (Fsp3) is 1.00. The Morgan fingerprint density at radius 2 is 1.36 bits per heavy atom. The number of hydrogen-bond acceptors (Lipinski definition) is 1. The van der Waals surface area contributed by atoms with Gasteiger partial charge >= 0.3 is 0 Å². The molecule has 22 heavy (non-hydrogen) atoms. The van der Waals surface area contributed by atoms with E-state index in [1.54, 1.807) is 0 Å². The van der Waals surface area contributed by atoms with Gasteiger partial charge in [0.2, 0.25) is 0 Å². The van der Waals surface area contributed by atoms with Crippen LogP contribution in [0.3, 0.4) is 0 Å². The first-order valence-electron chi connectivity index (χ1n) is 10.1. The normalized spacial score (nSPS) is 45.3. The van der Waals surface area contributed by atoms with Crippen LogP contribution in [0.5, 0.6) is 0 Å². The number of rotatable bonds is 1. The highest BCUT2D eigenvalue weighted by atomic mass is 15.3. The molecule has 1 aliphatic heterocycles. The molecular formula is C21H39N. The summed E-state index contributed by atoms with van der Waals surface area (Å²) in [6.07, 6.45) is 11.7. The molecule has 1 heteroatoms. The summed E-state index contributed by atoms with van der Waals surface area (Å²) in [6.45, 7) is 15.2. The van der Waals surface area contributed by atoms with Crippen LogP contribution in [0.15, 0.2) is 0 Å². The third kappa shape index (κ3) is 2.66. The Morgan fingerprint density at radius 1 is 0.818 bits per heavy atom. The maximum absolute atomic E-state index is 3.01. The van der Waals surface area contributed by atoms with E-state index < -0.39 is 0 Å². The summed E-state index contributed by atoms with van der Waals surface area (Å²) in [7, 11) is 0. The molecule has 5 atom stereocenters. The zero-order valence-corrected chi connectivity index (χ0v) is 16.0. The average molecular weight is 306 g/mol. The SMILES string of the molecule is CC1CC(C)C(N2C(C)C3(CCCCC3)CC2(C)C)[C@H](C)C1. The minimum Gasteiger partial charge on any atom is -0.291 e. The van der Waals surface area contributed by atoms with Gasteiger partial charge in [0.15, 0.2) is 0 Å². The molecule has 2 saturated carbocycles. The largest absolute Gasteiger partial charge is 0.291 e. The molecule has 4 unspecified atom stereocenters. The van der Waals surface area contributed by atoms with E-state index in [0.29, 0.717) is 11.0 Å². The molecule has 2 aliphatic carbocycles. The van der Waals surface area contributed by atoms with Crippen LogP contribution in [0.25, 0.3) is 0 Å². The molecule has 1 heterocycles. The monoisotopic (exact) mass is 305 g/mol. The van der Waals surface area contributed by atoms with E-state index in [2.05, 4.69) is 46.4 Å². The Hall–Kier alpha value is -0.0400. The molecule has 1 saturated heterocycles. The van der Waals surface area contributed by atoms with Crippen molar-refractivity contribution < 1.29 is 0 Å².